The Kier molecular flexibility index (Phi) is 6.58. The van der Waals surface area contributed by atoms with E-state index in [0.29, 0.717) is 11.6 Å². The van der Waals surface area contributed by atoms with Crippen molar-refractivity contribution in [1.82, 2.24) is 9.99 Å². The van der Waals surface area contributed by atoms with Crippen molar-refractivity contribution >= 4 is 56.0 Å². The Labute approximate surface area is 199 Å². The van der Waals surface area contributed by atoms with E-state index >= 15 is 0 Å². The SMILES string of the molecule is Cc1cccc2cc([C@H]3CC(c4ccc(Br)cc4)=NN3C(=O)CCCC(=O)O)c(Cl)nc12. The molecule has 164 valence electrons. The lowest BCUT2D eigenvalue weighted by Gasteiger charge is -2.23. The van der Waals surface area contributed by atoms with Crippen molar-refractivity contribution in [3.05, 3.63) is 74.8 Å². The minimum Gasteiger partial charge on any atom is -0.481 e. The van der Waals surface area contributed by atoms with E-state index in [1.165, 1.54) is 5.01 Å². The maximum absolute atomic E-state index is 13.0. The lowest BCUT2D eigenvalue weighted by atomic mass is 9.97. The third-order valence-corrected chi connectivity index (χ3v) is 6.34. The summed E-state index contributed by atoms with van der Waals surface area (Å²) < 4.78 is 0.954. The summed E-state index contributed by atoms with van der Waals surface area (Å²) in [5, 5.41) is 16.3. The number of aromatic nitrogens is 1. The molecule has 1 aliphatic rings. The molecule has 1 N–H and O–H groups in total. The summed E-state index contributed by atoms with van der Waals surface area (Å²) in [7, 11) is 0. The topological polar surface area (TPSA) is 82.9 Å². The molecule has 4 rings (SSSR count). The molecule has 2 heterocycles. The molecule has 2 aromatic carbocycles. The number of rotatable bonds is 6. The second kappa shape index (κ2) is 9.38. The van der Waals surface area contributed by atoms with Crippen LogP contribution in [0.2, 0.25) is 5.15 Å². The number of hydrazone groups is 1. The fourth-order valence-electron chi connectivity index (χ4n) is 3.88. The number of aliphatic carboxylic acids is 1. The zero-order chi connectivity index (χ0) is 22.8. The van der Waals surface area contributed by atoms with Crippen LogP contribution in [-0.2, 0) is 9.59 Å². The first-order valence-corrected chi connectivity index (χ1v) is 11.4. The predicted octanol–water partition coefficient (Wildman–Crippen LogP) is 5.89. The molecule has 0 spiro atoms. The molecule has 0 unspecified atom stereocenters. The molecule has 6 nitrogen and oxygen atoms in total. The standard InChI is InChI=1S/C24H21BrClN3O3/c1-14-4-2-5-16-12-18(24(26)27-23(14)16)20-13-19(15-8-10-17(25)11-9-15)28-29(20)21(30)6-3-7-22(31)32/h2,4-5,8-12,20H,3,6-7,13H2,1H3,(H,31,32)/t20-/m1/s1. The summed E-state index contributed by atoms with van der Waals surface area (Å²) in [4.78, 5) is 28.5. The van der Waals surface area contributed by atoms with Crippen molar-refractivity contribution in [2.24, 2.45) is 5.10 Å². The van der Waals surface area contributed by atoms with Crippen molar-refractivity contribution in [2.75, 3.05) is 0 Å². The first kappa shape index (κ1) is 22.4. The van der Waals surface area contributed by atoms with Crippen molar-refractivity contribution in [1.29, 1.82) is 0 Å². The van der Waals surface area contributed by atoms with Gasteiger partial charge in [-0.05, 0) is 42.7 Å². The maximum atomic E-state index is 13.0. The van der Waals surface area contributed by atoms with Gasteiger partial charge in [-0.15, -0.1) is 0 Å². The van der Waals surface area contributed by atoms with Crippen LogP contribution in [0.1, 0.15) is 48.4 Å². The van der Waals surface area contributed by atoms with Gasteiger partial charge in [0, 0.05) is 34.7 Å². The zero-order valence-electron chi connectivity index (χ0n) is 17.4. The van der Waals surface area contributed by atoms with Gasteiger partial charge in [-0.2, -0.15) is 5.10 Å². The normalized spacial score (nSPS) is 15.8. The van der Waals surface area contributed by atoms with Crippen LogP contribution in [0.3, 0.4) is 0 Å². The van der Waals surface area contributed by atoms with Crippen LogP contribution >= 0.6 is 27.5 Å². The fourth-order valence-corrected chi connectivity index (χ4v) is 4.41. The van der Waals surface area contributed by atoms with Gasteiger partial charge in [0.25, 0.3) is 0 Å². The number of carboxylic acids is 1. The van der Waals surface area contributed by atoms with Crippen molar-refractivity contribution in [3.63, 3.8) is 0 Å². The van der Waals surface area contributed by atoms with Crippen LogP contribution in [-0.4, -0.2) is 32.7 Å². The number of para-hydroxylation sites is 1. The molecule has 1 aromatic heterocycles. The van der Waals surface area contributed by atoms with E-state index in [4.69, 9.17) is 16.7 Å². The number of benzene rings is 2. The number of hydrogen-bond donors (Lipinski definition) is 1. The van der Waals surface area contributed by atoms with Gasteiger partial charge in [0.1, 0.15) is 5.15 Å². The molecule has 3 aromatic rings. The van der Waals surface area contributed by atoms with E-state index < -0.39 is 12.0 Å². The highest BCUT2D eigenvalue weighted by molar-refractivity contribution is 9.10. The Hall–Kier alpha value is -2.77. The summed E-state index contributed by atoms with van der Waals surface area (Å²) in [6.45, 7) is 1.98. The minimum atomic E-state index is -0.924. The summed E-state index contributed by atoms with van der Waals surface area (Å²) in [5.74, 6) is -1.16. The molecule has 0 fully saturated rings. The number of pyridine rings is 1. The number of aryl methyl sites for hydroxylation is 1. The highest BCUT2D eigenvalue weighted by Gasteiger charge is 2.34. The van der Waals surface area contributed by atoms with Crippen LogP contribution in [0.4, 0.5) is 0 Å². The fraction of sp³-hybridized carbons (Fsp3) is 0.250. The highest BCUT2D eigenvalue weighted by Crippen LogP contribution is 2.38. The second-order valence-corrected chi connectivity index (χ2v) is 9.05. The molecule has 1 aliphatic heterocycles. The van der Waals surface area contributed by atoms with Crippen LogP contribution in [0.15, 0.2) is 58.1 Å². The largest absolute Gasteiger partial charge is 0.481 e. The minimum absolute atomic E-state index is 0.0644. The number of fused-ring (bicyclic) bond motifs is 1. The average molecular weight is 515 g/mol. The van der Waals surface area contributed by atoms with Crippen molar-refractivity contribution in [2.45, 2.75) is 38.6 Å². The number of nitrogens with zero attached hydrogens (tertiary/aromatic N) is 3. The Morgan fingerprint density at radius 3 is 2.66 bits per heavy atom. The first-order valence-electron chi connectivity index (χ1n) is 10.3. The third-order valence-electron chi connectivity index (χ3n) is 5.51. The summed E-state index contributed by atoms with van der Waals surface area (Å²) in [6, 6.07) is 15.2. The molecule has 32 heavy (non-hydrogen) atoms. The number of carbonyl (C=O) groups excluding carboxylic acids is 1. The van der Waals surface area contributed by atoms with Crippen molar-refractivity contribution < 1.29 is 14.7 Å². The van der Waals surface area contributed by atoms with E-state index in [9.17, 15) is 9.59 Å². The van der Waals surface area contributed by atoms with E-state index in [0.717, 1.165) is 37.8 Å². The number of hydrogen-bond acceptors (Lipinski definition) is 4. The highest BCUT2D eigenvalue weighted by atomic mass is 79.9. The molecule has 0 aliphatic carbocycles. The molecule has 8 heteroatoms. The van der Waals surface area contributed by atoms with Gasteiger partial charge >= 0.3 is 5.97 Å². The summed E-state index contributed by atoms with van der Waals surface area (Å²) >= 11 is 10.0. The third kappa shape index (κ3) is 4.69. The lowest BCUT2D eigenvalue weighted by molar-refractivity contribution is -0.137. The molecule has 0 bridgehead atoms. The quantitative estimate of drug-likeness (QED) is 0.416. The van der Waals surface area contributed by atoms with Gasteiger partial charge in [-0.25, -0.2) is 9.99 Å². The number of amides is 1. The van der Waals surface area contributed by atoms with Gasteiger partial charge in [0.15, 0.2) is 0 Å². The van der Waals surface area contributed by atoms with Gasteiger partial charge in [0.05, 0.1) is 17.3 Å². The molecule has 0 saturated carbocycles. The molecule has 0 saturated heterocycles. The molecule has 1 atom stereocenters. The van der Waals surface area contributed by atoms with E-state index in [2.05, 4.69) is 26.0 Å². The second-order valence-electron chi connectivity index (χ2n) is 7.77. The monoisotopic (exact) mass is 513 g/mol. The van der Waals surface area contributed by atoms with E-state index in [-0.39, 0.29) is 25.2 Å². The average Bonchev–Trinajstić information content (AvgIpc) is 3.19. The van der Waals surface area contributed by atoms with E-state index in [1.54, 1.807) is 0 Å². The van der Waals surface area contributed by atoms with Crippen molar-refractivity contribution in [3.8, 4) is 0 Å². The number of carboxylic acid groups (broad SMARTS) is 1. The van der Waals surface area contributed by atoms with Gasteiger partial charge in [-0.1, -0.05) is 57.9 Å². The molecular formula is C24H21BrClN3O3. The lowest BCUT2D eigenvalue weighted by Crippen LogP contribution is -2.27. The Balaban J connectivity index is 1.71. The van der Waals surface area contributed by atoms with Crippen LogP contribution < -0.4 is 0 Å². The molecule has 0 radical (unpaired) electrons. The van der Waals surface area contributed by atoms with Crippen LogP contribution in [0, 0.1) is 6.92 Å². The summed E-state index contributed by atoms with van der Waals surface area (Å²) in [5.41, 5.74) is 4.27. The van der Waals surface area contributed by atoms with Gasteiger partial charge in [-0.3, -0.25) is 9.59 Å². The molecular weight excluding hydrogens is 494 g/mol. The predicted molar refractivity (Wildman–Crippen MR) is 128 cm³/mol. The first-order chi connectivity index (χ1) is 15.3. The number of halogens is 2. The van der Waals surface area contributed by atoms with Crippen LogP contribution in [0.5, 0.6) is 0 Å². The smallest absolute Gasteiger partial charge is 0.303 e. The zero-order valence-corrected chi connectivity index (χ0v) is 19.7. The van der Waals surface area contributed by atoms with E-state index in [1.807, 2.05) is 55.5 Å². The summed E-state index contributed by atoms with van der Waals surface area (Å²) in [6.07, 6.45) is 0.775. The maximum Gasteiger partial charge on any atom is 0.303 e. The molecule has 1 amide bonds. The Morgan fingerprint density at radius 1 is 1.19 bits per heavy atom. The van der Waals surface area contributed by atoms with Gasteiger partial charge < -0.3 is 5.11 Å². The number of carbonyl (C=O) groups is 2. The van der Waals surface area contributed by atoms with Crippen LogP contribution in [0.25, 0.3) is 10.9 Å². The van der Waals surface area contributed by atoms with Gasteiger partial charge in [0.2, 0.25) is 5.91 Å². The Bertz CT molecular complexity index is 1230. The Morgan fingerprint density at radius 2 is 1.94 bits per heavy atom.